The summed E-state index contributed by atoms with van der Waals surface area (Å²) in [7, 11) is 1.76. The number of guanidine groups is 1. The summed E-state index contributed by atoms with van der Waals surface area (Å²) in [6.45, 7) is 4.80. The van der Waals surface area contributed by atoms with Crippen LogP contribution in [0.5, 0.6) is 0 Å². The summed E-state index contributed by atoms with van der Waals surface area (Å²) in [5.74, 6) is 0.764. The van der Waals surface area contributed by atoms with Crippen LogP contribution in [0.4, 0.5) is 0 Å². The Hall–Kier alpha value is -1.61. The van der Waals surface area contributed by atoms with Crippen LogP contribution in [-0.2, 0) is 11.3 Å². The van der Waals surface area contributed by atoms with E-state index >= 15 is 0 Å². The maximum Gasteiger partial charge on any atom is 0.191 e. The second-order valence-electron chi connectivity index (χ2n) is 4.65. The molecule has 0 aliphatic carbocycles. The summed E-state index contributed by atoms with van der Waals surface area (Å²) < 4.78 is 7.31. The predicted octanol–water partition coefficient (Wildman–Crippen LogP) is 2.19. The first-order valence-corrected chi connectivity index (χ1v) is 7.43. The van der Waals surface area contributed by atoms with Crippen molar-refractivity contribution in [1.82, 2.24) is 20.2 Å². The third-order valence-corrected chi connectivity index (χ3v) is 3.19. The highest BCUT2D eigenvalue weighted by atomic mass is 127. The van der Waals surface area contributed by atoms with E-state index in [9.17, 15) is 0 Å². The molecular formula is C16H24IN5O. The molecule has 7 heteroatoms. The molecule has 0 bridgehead atoms. The second-order valence-corrected chi connectivity index (χ2v) is 4.65. The Balaban J connectivity index is 0.00000264. The molecule has 0 aliphatic rings. The van der Waals surface area contributed by atoms with Crippen LogP contribution < -0.4 is 10.6 Å². The molecule has 0 unspecified atom stereocenters. The first kappa shape index (κ1) is 19.4. The minimum Gasteiger partial charge on any atom is -0.380 e. The summed E-state index contributed by atoms with van der Waals surface area (Å²) in [5, 5.41) is 6.54. The lowest BCUT2D eigenvalue weighted by Crippen LogP contribution is -2.38. The van der Waals surface area contributed by atoms with Gasteiger partial charge in [-0.05, 0) is 18.6 Å². The quantitative estimate of drug-likeness (QED) is 0.307. The van der Waals surface area contributed by atoms with Crippen LogP contribution in [-0.4, -0.2) is 42.3 Å². The van der Waals surface area contributed by atoms with Crippen LogP contribution in [0.25, 0.3) is 5.69 Å². The van der Waals surface area contributed by atoms with Crippen LogP contribution in [0.2, 0.25) is 0 Å². The van der Waals surface area contributed by atoms with Gasteiger partial charge in [0.25, 0.3) is 0 Å². The van der Waals surface area contributed by atoms with E-state index in [1.807, 2.05) is 29.8 Å². The number of benzene rings is 1. The Labute approximate surface area is 154 Å². The van der Waals surface area contributed by atoms with Crippen molar-refractivity contribution >= 4 is 29.9 Å². The molecule has 126 valence electrons. The van der Waals surface area contributed by atoms with Crippen molar-refractivity contribution in [2.45, 2.75) is 13.5 Å². The van der Waals surface area contributed by atoms with Crippen molar-refractivity contribution in [2.24, 2.45) is 4.99 Å². The number of ether oxygens (including phenoxy) is 1. The van der Waals surface area contributed by atoms with E-state index in [1.165, 1.54) is 5.56 Å². The number of nitrogens with zero attached hydrogens (tertiary/aromatic N) is 3. The Morgan fingerprint density at radius 1 is 1.30 bits per heavy atom. The Kier molecular flexibility index (Phi) is 9.30. The molecule has 6 nitrogen and oxygen atoms in total. The number of aromatic nitrogens is 2. The minimum absolute atomic E-state index is 0. The molecule has 0 amide bonds. The van der Waals surface area contributed by atoms with Gasteiger partial charge in [0.05, 0.1) is 18.6 Å². The normalized spacial score (nSPS) is 11.0. The van der Waals surface area contributed by atoms with Gasteiger partial charge in [0.15, 0.2) is 5.96 Å². The molecule has 0 aliphatic heterocycles. The molecule has 2 aromatic rings. The molecule has 0 atom stereocenters. The van der Waals surface area contributed by atoms with Gasteiger partial charge in [-0.25, -0.2) is 4.98 Å². The van der Waals surface area contributed by atoms with Crippen molar-refractivity contribution in [3.63, 3.8) is 0 Å². The summed E-state index contributed by atoms with van der Waals surface area (Å²) >= 11 is 0. The first-order chi connectivity index (χ1) is 10.8. The molecule has 23 heavy (non-hydrogen) atoms. The van der Waals surface area contributed by atoms with Crippen molar-refractivity contribution in [1.29, 1.82) is 0 Å². The van der Waals surface area contributed by atoms with Crippen molar-refractivity contribution < 1.29 is 4.74 Å². The van der Waals surface area contributed by atoms with E-state index in [1.54, 1.807) is 19.6 Å². The number of imidazole rings is 1. The van der Waals surface area contributed by atoms with Gasteiger partial charge in [-0.3, -0.25) is 4.99 Å². The number of halogens is 1. The molecular weight excluding hydrogens is 405 g/mol. The number of nitrogens with one attached hydrogen (secondary N) is 2. The summed E-state index contributed by atoms with van der Waals surface area (Å²) in [4.78, 5) is 8.31. The Bertz CT molecular complexity index is 586. The number of rotatable bonds is 7. The highest BCUT2D eigenvalue weighted by Crippen LogP contribution is 2.13. The van der Waals surface area contributed by atoms with Crippen LogP contribution >= 0.6 is 24.0 Å². The molecule has 2 rings (SSSR count). The monoisotopic (exact) mass is 429 g/mol. The van der Waals surface area contributed by atoms with Gasteiger partial charge >= 0.3 is 0 Å². The third kappa shape index (κ3) is 6.19. The van der Waals surface area contributed by atoms with Crippen LogP contribution in [0, 0.1) is 0 Å². The third-order valence-electron chi connectivity index (χ3n) is 3.19. The smallest absolute Gasteiger partial charge is 0.191 e. The van der Waals surface area contributed by atoms with Crippen molar-refractivity contribution in [2.75, 3.05) is 26.8 Å². The van der Waals surface area contributed by atoms with Crippen LogP contribution in [0.15, 0.2) is 48.0 Å². The van der Waals surface area contributed by atoms with Crippen molar-refractivity contribution in [3.05, 3.63) is 48.5 Å². The highest BCUT2D eigenvalue weighted by molar-refractivity contribution is 14.0. The van der Waals surface area contributed by atoms with Gasteiger partial charge in [-0.2, -0.15) is 0 Å². The predicted molar refractivity (Wildman–Crippen MR) is 104 cm³/mol. The van der Waals surface area contributed by atoms with Gasteiger partial charge in [-0.1, -0.05) is 18.2 Å². The second kappa shape index (κ2) is 11.0. The van der Waals surface area contributed by atoms with Gasteiger partial charge in [0, 0.05) is 39.1 Å². The van der Waals surface area contributed by atoms with E-state index < -0.39 is 0 Å². The summed E-state index contributed by atoms with van der Waals surface area (Å²) in [6, 6.07) is 8.22. The SMILES string of the molecule is CCOCCNC(=NC)NCc1ccccc1-n1ccnc1.I. The van der Waals surface area contributed by atoms with Crippen LogP contribution in [0.1, 0.15) is 12.5 Å². The minimum atomic E-state index is 0. The fourth-order valence-electron chi connectivity index (χ4n) is 2.10. The molecule has 1 aromatic heterocycles. The fourth-order valence-corrected chi connectivity index (χ4v) is 2.10. The Morgan fingerprint density at radius 3 is 2.83 bits per heavy atom. The van der Waals surface area contributed by atoms with Gasteiger partial charge in [-0.15, -0.1) is 24.0 Å². The van der Waals surface area contributed by atoms with Gasteiger partial charge < -0.3 is 19.9 Å². The van der Waals surface area contributed by atoms with E-state index in [-0.39, 0.29) is 24.0 Å². The van der Waals surface area contributed by atoms with Gasteiger partial charge in [0.2, 0.25) is 0 Å². The lowest BCUT2D eigenvalue weighted by molar-refractivity contribution is 0.152. The van der Waals surface area contributed by atoms with E-state index in [2.05, 4.69) is 32.7 Å². The van der Waals surface area contributed by atoms with E-state index in [0.29, 0.717) is 13.2 Å². The molecule has 1 aromatic carbocycles. The topological polar surface area (TPSA) is 63.5 Å². The zero-order valence-electron chi connectivity index (χ0n) is 13.5. The fraction of sp³-hybridized carbons (Fsp3) is 0.375. The molecule has 0 saturated carbocycles. The van der Waals surface area contributed by atoms with E-state index in [0.717, 1.165) is 24.8 Å². The standard InChI is InChI=1S/C16H23N5O.HI/c1-3-22-11-9-19-16(17-2)20-12-14-6-4-5-7-15(14)21-10-8-18-13-21;/h4-8,10,13H,3,9,11-12H2,1-2H3,(H2,17,19,20);1H. The average molecular weight is 429 g/mol. The number of hydrogen-bond acceptors (Lipinski definition) is 3. The zero-order valence-corrected chi connectivity index (χ0v) is 15.9. The molecule has 2 N–H and O–H groups in total. The molecule has 0 radical (unpaired) electrons. The summed E-state index contributed by atoms with van der Waals surface area (Å²) in [6.07, 6.45) is 5.51. The van der Waals surface area contributed by atoms with Crippen LogP contribution in [0.3, 0.4) is 0 Å². The average Bonchev–Trinajstić information content (AvgIpc) is 3.09. The zero-order chi connectivity index (χ0) is 15.6. The van der Waals surface area contributed by atoms with Crippen molar-refractivity contribution in [3.8, 4) is 5.69 Å². The number of para-hydroxylation sites is 1. The molecule has 0 saturated heterocycles. The molecule has 0 spiro atoms. The largest absolute Gasteiger partial charge is 0.380 e. The number of hydrogen-bond donors (Lipinski definition) is 2. The van der Waals surface area contributed by atoms with Gasteiger partial charge in [0.1, 0.15) is 0 Å². The highest BCUT2D eigenvalue weighted by Gasteiger charge is 2.04. The number of aliphatic imine (C=N–C) groups is 1. The maximum absolute atomic E-state index is 5.30. The Morgan fingerprint density at radius 2 is 2.13 bits per heavy atom. The summed E-state index contributed by atoms with van der Waals surface area (Å²) in [5.41, 5.74) is 2.28. The maximum atomic E-state index is 5.30. The molecule has 0 fully saturated rings. The lowest BCUT2D eigenvalue weighted by atomic mass is 10.1. The first-order valence-electron chi connectivity index (χ1n) is 7.43. The van der Waals surface area contributed by atoms with E-state index in [4.69, 9.17) is 4.74 Å². The molecule has 1 heterocycles. The lowest BCUT2D eigenvalue weighted by Gasteiger charge is -2.14.